The van der Waals surface area contributed by atoms with E-state index in [-0.39, 0.29) is 0 Å². The fraction of sp³-hybridized carbons (Fsp3) is 0.125. The fourth-order valence-electron chi connectivity index (χ4n) is 2.39. The van der Waals surface area contributed by atoms with Crippen molar-refractivity contribution in [3.05, 3.63) is 70.2 Å². The van der Waals surface area contributed by atoms with Gasteiger partial charge in [0.05, 0.1) is 0 Å². The lowest BCUT2D eigenvalue weighted by atomic mass is 10.0. The zero-order valence-corrected chi connectivity index (χ0v) is 12.1. The van der Waals surface area contributed by atoms with Crippen LogP contribution in [0.2, 0.25) is 5.02 Å². The Morgan fingerprint density at radius 2 is 2.00 bits per heavy atom. The number of nitrogens with one attached hydrogen (secondary N) is 1. The number of rotatable bonds is 3. The first-order valence-corrected chi connectivity index (χ1v) is 6.87. The van der Waals surface area contributed by atoms with E-state index in [1.165, 1.54) is 6.07 Å². The van der Waals surface area contributed by atoms with Crippen LogP contribution in [0.25, 0.3) is 11.0 Å². The van der Waals surface area contributed by atoms with Gasteiger partial charge in [-0.05, 0) is 37.3 Å². The van der Waals surface area contributed by atoms with E-state index in [2.05, 4.69) is 5.43 Å². The molecule has 0 aliphatic heterocycles. The molecule has 0 bridgehead atoms. The Hall–Kier alpha value is -1.88. The molecule has 3 N–H and O–H groups in total. The highest BCUT2D eigenvalue weighted by atomic mass is 35.5. The van der Waals surface area contributed by atoms with Crippen molar-refractivity contribution in [3.63, 3.8) is 0 Å². The molecular weight excluding hydrogens is 291 g/mol. The van der Waals surface area contributed by atoms with Gasteiger partial charge in [0.1, 0.15) is 23.2 Å². The average molecular weight is 305 g/mol. The van der Waals surface area contributed by atoms with E-state index in [0.717, 1.165) is 16.5 Å². The van der Waals surface area contributed by atoms with Crippen molar-refractivity contribution < 1.29 is 8.81 Å². The van der Waals surface area contributed by atoms with E-state index in [1.807, 2.05) is 31.2 Å². The minimum absolute atomic E-state index is 0.340. The molecule has 3 rings (SSSR count). The molecule has 0 aliphatic rings. The van der Waals surface area contributed by atoms with E-state index < -0.39 is 11.9 Å². The summed E-state index contributed by atoms with van der Waals surface area (Å²) in [4.78, 5) is 0. The molecule has 0 amide bonds. The molecule has 108 valence electrons. The predicted molar refractivity (Wildman–Crippen MR) is 81.5 cm³/mol. The number of hydrogen-bond donors (Lipinski definition) is 2. The third-order valence-electron chi connectivity index (χ3n) is 3.42. The van der Waals surface area contributed by atoms with E-state index in [4.69, 9.17) is 21.9 Å². The van der Waals surface area contributed by atoms with Crippen molar-refractivity contribution in [3.8, 4) is 0 Å². The van der Waals surface area contributed by atoms with Gasteiger partial charge >= 0.3 is 0 Å². The lowest BCUT2D eigenvalue weighted by Crippen LogP contribution is -2.29. The smallest absolute Gasteiger partial charge is 0.134 e. The monoisotopic (exact) mass is 304 g/mol. The van der Waals surface area contributed by atoms with Crippen molar-refractivity contribution in [2.45, 2.75) is 13.0 Å². The summed E-state index contributed by atoms with van der Waals surface area (Å²) >= 11 is 5.78. The maximum absolute atomic E-state index is 14.1. The van der Waals surface area contributed by atoms with Gasteiger partial charge in [-0.15, -0.1) is 0 Å². The van der Waals surface area contributed by atoms with Gasteiger partial charge in [0, 0.05) is 16.0 Å². The first-order chi connectivity index (χ1) is 10.1. The van der Waals surface area contributed by atoms with Gasteiger partial charge in [0.15, 0.2) is 0 Å². The van der Waals surface area contributed by atoms with Gasteiger partial charge in [-0.3, -0.25) is 5.84 Å². The molecular formula is C16H14ClFN2O. The van der Waals surface area contributed by atoms with Crippen LogP contribution in [-0.2, 0) is 0 Å². The zero-order valence-electron chi connectivity index (χ0n) is 11.4. The Morgan fingerprint density at radius 1 is 1.19 bits per heavy atom. The summed E-state index contributed by atoms with van der Waals surface area (Å²) in [6, 6.07) is 11.6. The number of nitrogens with two attached hydrogens (primary N) is 1. The van der Waals surface area contributed by atoms with E-state index >= 15 is 0 Å². The van der Waals surface area contributed by atoms with Crippen LogP contribution in [0.15, 0.2) is 46.9 Å². The second-order valence-electron chi connectivity index (χ2n) is 4.96. The third-order valence-corrected chi connectivity index (χ3v) is 3.65. The van der Waals surface area contributed by atoms with Crippen LogP contribution in [0.3, 0.4) is 0 Å². The van der Waals surface area contributed by atoms with Gasteiger partial charge in [-0.2, -0.15) is 0 Å². The van der Waals surface area contributed by atoms with E-state index in [0.29, 0.717) is 16.3 Å². The highest BCUT2D eigenvalue weighted by Gasteiger charge is 2.20. The lowest BCUT2D eigenvalue weighted by Gasteiger charge is -2.14. The maximum Gasteiger partial charge on any atom is 0.134 e. The minimum Gasteiger partial charge on any atom is -0.459 e. The van der Waals surface area contributed by atoms with Gasteiger partial charge < -0.3 is 4.42 Å². The van der Waals surface area contributed by atoms with Crippen LogP contribution in [0.5, 0.6) is 0 Å². The molecule has 1 aromatic heterocycles. The van der Waals surface area contributed by atoms with Crippen LogP contribution in [0.4, 0.5) is 4.39 Å². The molecule has 0 spiro atoms. The molecule has 0 saturated carbocycles. The standard InChI is InChI=1S/C16H14ClFN2O/c1-9-2-5-14-10(6-9)7-15(21-14)16(20-19)12-4-3-11(17)8-13(12)18/h2-8,16,20H,19H2,1H3. The summed E-state index contributed by atoms with van der Waals surface area (Å²) < 4.78 is 19.8. The van der Waals surface area contributed by atoms with Gasteiger partial charge in [-0.25, -0.2) is 9.82 Å². The first kappa shape index (κ1) is 14.1. The lowest BCUT2D eigenvalue weighted by molar-refractivity contribution is 0.462. The van der Waals surface area contributed by atoms with Crippen LogP contribution in [-0.4, -0.2) is 0 Å². The Kier molecular flexibility index (Phi) is 3.68. The quantitative estimate of drug-likeness (QED) is 0.566. The van der Waals surface area contributed by atoms with Crippen molar-refractivity contribution in [2.24, 2.45) is 5.84 Å². The first-order valence-electron chi connectivity index (χ1n) is 6.49. The molecule has 1 unspecified atom stereocenters. The Balaban J connectivity index is 2.09. The van der Waals surface area contributed by atoms with Gasteiger partial charge in [-0.1, -0.05) is 29.3 Å². The number of aryl methyl sites for hydroxylation is 1. The Bertz CT molecular complexity index is 800. The number of halogens is 2. The molecule has 21 heavy (non-hydrogen) atoms. The average Bonchev–Trinajstić information content (AvgIpc) is 2.84. The second-order valence-corrected chi connectivity index (χ2v) is 5.39. The number of hydrazine groups is 1. The molecule has 0 saturated heterocycles. The van der Waals surface area contributed by atoms with Crippen molar-refractivity contribution in [1.29, 1.82) is 0 Å². The molecule has 1 atom stereocenters. The summed E-state index contributed by atoms with van der Waals surface area (Å²) in [5, 5.41) is 1.30. The van der Waals surface area contributed by atoms with Crippen LogP contribution >= 0.6 is 11.6 Å². The number of benzene rings is 2. The SMILES string of the molecule is Cc1ccc2oc(C(NN)c3ccc(Cl)cc3F)cc2c1. The van der Waals surface area contributed by atoms with Crippen LogP contribution < -0.4 is 11.3 Å². The summed E-state index contributed by atoms with van der Waals surface area (Å²) in [7, 11) is 0. The molecule has 2 aromatic carbocycles. The largest absolute Gasteiger partial charge is 0.459 e. The topological polar surface area (TPSA) is 51.2 Å². The highest BCUT2D eigenvalue weighted by Crippen LogP contribution is 2.30. The predicted octanol–water partition coefficient (Wildman–Crippen LogP) is 4.09. The molecule has 5 heteroatoms. The third kappa shape index (κ3) is 2.65. The summed E-state index contributed by atoms with van der Waals surface area (Å²) in [6.07, 6.45) is 0. The number of fused-ring (bicyclic) bond motifs is 1. The Labute approximate surface area is 126 Å². The fourth-order valence-corrected chi connectivity index (χ4v) is 2.55. The van der Waals surface area contributed by atoms with Gasteiger partial charge in [0.25, 0.3) is 0 Å². The highest BCUT2D eigenvalue weighted by molar-refractivity contribution is 6.30. The molecule has 3 nitrogen and oxygen atoms in total. The van der Waals surface area contributed by atoms with E-state index in [1.54, 1.807) is 12.1 Å². The Morgan fingerprint density at radius 3 is 2.71 bits per heavy atom. The summed E-state index contributed by atoms with van der Waals surface area (Å²) in [5.41, 5.74) is 4.85. The summed E-state index contributed by atoms with van der Waals surface area (Å²) in [5.74, 6) is 5.71. The molecule has 0 radical (unpaired) electrons. The van der Waals surface area contributed by atoms with Crippen LogP contribution in [0.1, 0.15) is 22.9 Å². The van der Waals surface area contributed by atoms with E-state index in [9.17, 15) is 4.39 Å². The second kappa shape index (κ2) is 5.48. The summed E-state index contributed by atoms with van der Waals surface area (Å²) in [6.45, 7) is 2.00. The zero-order chi connectivity index (χ0) is 15.0. The van der Waals surface area contributed by atoms with Gasteiger partial charge in [0.2, 0.25) is 0 Å². The van der Waals surface area contributed by atoms with Crippen LogP contribution in [0, 0.1) is 12.7 Å². The van der Waals surface area contributed by atoms with Crippen molar-refractivity contribution in [2.75, 3.05) is 0 Å². The molecule has 0 fully saturated rings. The number of hydrogen-bond acceptors (Lipinski definition) is 3. The molecule has 3 aromatic rings. The molecule has 0 aliphatic carbocycles. The van der Waals surface area contributed by atoms with Crippen molar-refractivity contribution in [1.82, 2.24) is 5.43 Å². The molecule has 1 heterocycles. The minimum atomic E-state index is -0.574. The maximum atomic E-state index is 14.1. The normalized spacial score (nSPS) is 12.8. The van der Waals surface area contributed by atoms with Crippen molar-refractivity contribution >= 4 is 22.6 Å². The number of furan rings is 1.